The lowest BCUT2D eigenvalue weighted by Gasteiger charge is -2.12. The van der Waals surface area contributed by atoms with Gasteiger partial charge in [-0.05, 0) is 49.7 Å². The number of nitrogens with zero attached hydrogens (tertiary/aromatic N) is 4. The third-order valence-corrected chi connectivity index (χ3v) is 5.88. The van der Waals surface area contributed by atoms with E-state index in [1.54, 1.807) is 24.4 Å². The van der Waals surface area contributed by atoms with Crippen molar-refractivity contribution in [3.8, 4) is 0 Å². The van der Waals surface area contributed by atoms with Crippen LogP contribution in [0.15, 0.2) is 60.9 Å². The number of hydrogen-bond donors (Lipinski definition) is 1. The van der Waals surface area contributed by atoms with Crippen LogP contribution in [0.1, 0.15) is 33.0 Å². The maximum Gasteiger partial charge on any atom is 0.417 e. The number of carbonyl (C=O) groups excluding carboxylic acids is 1. The summed E-state index contributed by atoms with van der Waals surface area (Å²) in [5.74, 6) is -1.01. The topological polar surface area (TPSA) is 64.2 Å². The van der Waals surface area contributed by atoms with Gasteiger partial charge in [-0.25, -0.2) is 14.4 Å². The van der Waals surface area contributed by atoms with Gasteiger partial charge in [-0.1, -0.05) is 12.1 Å². The van der Waals surface area contributed by atoms with E-state index in [2.05, 4.69) is 15.3 Å². The van der Waals surface area contributed by atoms with Gasteiger partial charge in [0.05, 0.1) is 11.3 Å². The molecule has 5 aromatic rings. The molecule has 1 N–H and O–H groups in total. The van der Waals surface area contributed by atoms with Gasteiger partial charge in [0.2, 0.25) is 0 Å². The Hall–Kier alpha value is -4.21. The Kier molecular flexibility index (Phi) is 5.31. The minimum absolute atomic E-state index is 0.0417. The summed E-state index contributed by atoms with van der Waals surface area (Å²) >= 11 is 0. The van der Waals surface area contributed by atoms with E-state index in [0.717, 1.165) is 23.7 Å². The first-order valence-electron chi connectivity index (χ1n) is 10.7. The molecule has 10 heteroatoms. The van der Waals surface area contributed by atoms with Crippen molar-refractivity contribution in [3.63, 3.8) is 0 Å². The molecule has 178 valence electrons. The molecule has 0 aliphatic carbocycles. The molecule has 0 saturated heterocycles. The summed E-state index contributed by atoms with van der Waals surface area (Å²) in [6.45, 7) is 3.86. The van der Waals surface area contributed by atoms with Crippen LogP contribution in [0.2, 0.25) is 0 Å². The quantitative estimate of drug-likeness (QED) is 0.332. The van der Waals surface area contributed by atoms with Gasteiger partial charge in [-0.3, -0.25) is 4.79 Å². The fourth-order valence-electron chi connectivity index (χ4n) is 4.02. The van der Waals surface area contributed by atoms with E-state index in [4.69, 9.17) is 0 Å². The normalized spacial score (nSPS) is 11.9. The summed E-state index contributed by atoms with van der Waals surface area (Å²) in [7, 11) is 0. The maximum atomic E-state index is 13.8. The van der Waals surface area contributed by atoms with Crippen molar-refractivity contribution in [3.05, 3.63) is 95.0 Å². The maximum absolute atomic E-state index is 13.8. The van der Waals surface area contributed by atoms with Crippen LogP contribution < -0.4 is 5.32 Å². The molecule has 4 aromatic heterocycles. The first-order chi connectivity index (χ1) is 16.6. The molecular formula is C25H19F4N5O. The van der Waals surface area contributed by atoms with Gasteiger partial charge < -0.3 is 14.3 Å². The van der Waals surface area contributed by atoms with Crippen LogP contribution in [0.5, 0.6) is 0 Å². The molecule has 1 amide bonds. The van der Waals surface area contributed by atoms with E-state index >= 15 is 0 Å². The Labute approximate surface area is 196 Å². The molecule has 0 fully saturated rings. The summed E-state index contributed by atoms with van der Waals surface area (Å²) in [6.07, 6.45) is -2.08. The van der Waals surface area contributed by atoms with E-state index in [-0.39, 0.29) is 23.3 Å². The molecule has 0 unspecified atom stereocenters. The second kappa shape index (κ2) is 8.23. The van der Waals surface area contributed by atoms with Gasteiger partial charge >= 0.3 is 6.18 Å². The van der Waals surface area contributed by atoms with Crippen LogP contribution in [-0.2, 0) is 12.7 Å². The molecule has 5 rings (SSSR count). The van der Waals surface area contributed by atoms with Gasteiger partial charge in [-0.2, -0.15) is 13.2 Å². The Morgan fingerprint density at radius 2 is 1.89 bits per heavy atom. The number of aryl methyl sites for hydroxylation is 2. The summed E-state index contributed by atoms with van der Waals surface area (Å²) in [4.78, 5) is 21.7. The van der Waals surface area contributed by atoms with E-state index in [1.807, 2.05) is 18.2 Å². The minimum atomic E-state index is -4.58. The molecule has 0 bridgehead atoms. The van der Waals surface area contributed by atoms with Crippen molar-refractivity contribution in [2.24, 2.45) is 0 Å². The second-order valence-electron chi connectivity index (χ2n) is 8.26. The summed E-state index contributed by atoms with van der Waals surface area (Å²) < 4.78 is 56.8. The van der Waals surface area contributed by atoms with Crippen LogP contribution >= 0.6 is 0 Å². The lowest BCUT2D eigenvalue weighted by molar-refractivity contribution is -0.137. The lowest BCUT2D eigenvalue weighted by atomic mass is 10.2. The molecule has 4 heterocycles. The molecule has 0 radical (unpaired) electrons. The van der Waals surface area contributed by atoms with E-state index in [9.17, 15) is 22.4 Å². The number of alkyl halides is 3. The number of rotatable bonds is 4. The number of amides is 1. The van der Waals surface area contributed by atoms with Crippen LogP contribution in [0.4, 0.5) is 23.2 Å². The number of aromatic nitrogens is 4. The third kappa shape index (κ3) is 4.23. The number of anilines is 1. The predicted octanol–water partition coefficient (Wildman–Crippen LogP) is 5.76. The largest absolute Gasteiger partial charge is 0.417 e. The number of fused-ring (bicyclic) bond motifs is 2. The molecular weight excluding hydrogens is 462 g/mol. The number of hydrogen-bond acceptors (Lipinski definition) is 3. The third-order valence-electron chi connectivity index (χ3n) is 5.88. The molecule has 0 aliphatic heterocycles. The van der Waals surface area contributed by atoms with Crippen molar-refractivity contribution in [1.29, 1.82) is 0 Å². The predicted molar refractivity (Wildman–Crippen MR) is 123 cm³/mol. The Balaban J connectivity index is 1.57. The summed E-state index contributed by atoms with van der Waals surface area (Å²) in [5, 5.41) is 2.93. The zero-order chi connectivity index (χ0) is 24.9. The number of pyridine rings is 2. The molecule has 6 nitrogen and oxygen atoms in total. The number of nitrogens with one attached hydrogen (secondary N) is 1. The van der Waals surface area contributed by atoms with Crippen LogP contribution in [0.25, 0.3) is 16.7 Å². The first kappa shape index (κ1) is 22.6. The van der Waals surface area contributed by atoms with Gasteiger partial charge in [-0.15, -0.1) is 0 Å². The number of carbonyl (C=O) groups is 1. The molecule has 0 aliphatic rings. The van der Waals surface area contributed by atoms with Crippen molar-refractivity contribution in [1.82, 2.24) is 18.9 Å². The number of imidazole rings is 1. The minimum Gasteiger partial charge on any atom is -0.321 e. The standard InChI is InChI=1S/C25H19F4N5O/c1-14-15(2)33-7-6-20(11-22(33)31-14)32-24(35)21-10-17-9-18(25(27,28)29)12-30-23(17)34(21)13-16-4-3-5-19(26)8-16/h3-12H,13H2,1-2H3,(H,32,35). The molecule has 0 saturated carbocycles. The fourth-order valence-corrected chi connectivity index (χ4v) is 4.02. The zero-order valence-electron chi connectivity index (χ0n) is 18.7. The number of benzene rings is 1. The smallest absolute Gasteiger partial charge is 0.321 e. The van der Waals surface area contributed by atoms with Gasteiger partial charge in [0, 0.05) is 41.8 Å². The SMILES string of the molecule is Cc1nc2cc(NC(=O)c3cc4cc(C(F)(F)F)cnc4n3Cc3cccc(F)c3)ccn2c1C. The van der Waals surface area contributed by atoms with Crippen LogP contribution in [0, 0.1) is 19.7 Å². The van der Waals surface area contributed by atoms with Crippen LogP contribution in [-0.4, -0.2) is 24.8 Å². The van der Waals surface area contributed by atoms with Crippen molar-refractivity contribution >= 4 is 28.3 Å². The molecule has 0 atom stereocenters. The number of halogens is 4. The van der Waals surface area contributed by atoms with Gasteiger partial charge in [0.1, 0.15) is 22.8 Å². The van der Waals surface area contributed by atoms with E-state index in [0.29, 0.717) is 16.9 Å². The summed E-state index contributed by atoms with van der Waals surface area (Å²) in [5.41, 5.74) is 2.83. The van der Waals surface area contributed by atoms with Gasteiger partial charge in [0.25, 0.3) is 5.91 Å². The Morgan fingerprint density at radius 1 is 1.09 bits per heavy atom. The Bertz CT molecular complexity index is 1600. The lowest BCUT2D eigenvalue weighted by Crippen LogP contribution is -2.18. The zero-order valence-corrected chi connectivity index (χ0v) is 18.7. The monoisotopic (exact) mass is 481 g/mol. The van der Waals surface area contributed by atoms with E-state index < -0.39 is 23.5 Å². The molecule has 0 spiro atoms. The fraction of sp³-hybridized carbons (Fsp3) is 0.160. The van der Waals surface area contributed by atoms with Gasteiger partial charge in [0.15, 0.2) is 0 Å². The average molecular weight is 481 g/mol. The average Bonchev–Trinajstić information content (AvgIpc) is 3.29. The van der Waals surface area contributed by atoms with Crippen LogP contribution in [0.3, 0.4) is 0 Å². The highest BCUT2D eigenvalue weighted by Gasteiger charge is 2.32. The molecule has 1 aromatic carbocycles. The summed E-state index contributed by atoms with van der Waals surface area (Å²) in [6, 6.07) is 11.5. The van der Waals surface area contributed by atoms with Crippen molar-refractivity contribution in [2.75, 3.05) is 5.32 Å². The van der Waals surface area contributed by atoms with Crippen molar-refractivity contribution < 1.29 is 22.4 Å². The Morgan fingerprint density at radius 3 is 2.63 bits per heavy atom. The second-order valence-corrected chi connectivity index (χ2v) is 8.26. The first-order valence-corrected chi connectivity index (χ1v) is 10.7. The molecule has 35 heavy (non-hydrogen) atoms. The highest BCUT2D eigenvalue weighted by molar-refractivity contribution is 6.06. The highest BCUT2D eigenvalue weighted by atomic mass is 19.4. The highest BCUT2D eigenvalue weighted by Crippen LogP contribution is 2.32. The van der Waals surface area contributed by atoms with E-state index in [1.165, 1.54) is 28.8 Å². The van der Waals surface area contributed by atoms with Crippen molar-refractivity contribution in [2.45, 2.75) is 26.6 Å².